The molecule has 5 heteroatoms. The van der Waals surface area contributed by atoms with Crippen LogP contribution in [0.25, 0.3) is 0 Å². The fourth-order valence-corrected chi connectivity index (χ4v) is 3.30. The van der Waals surface area contributed by atoms with Crippen LogP contribution in [0, 0.1) is 20.8 Å². The third-order valence-electron chi connectivity index (χ3n) is 3.93. The first kappa shape index (κ1) is 19.1. The van der Waals surface area contributed by atoms with Crippen molar-refractivity contribution in [1.82, 2.24) is 0 Å². The summed E-state index contributed by atoms with van der Waals surface area (Å²) < 4.78 is 22.5. The zero-order valence-corrected chi connectivity index (χ0v) is 16.1. The quantitative estimate of drug-likeness (QED) is 0.537. The molecule has 25 heavy (non-hydrogen) atoms. The molecule has 0 saturated heterocycles. The van der Waals surface area contributed by atoms with E-state index in [9.17, 15) is 9.36 Å². The second-order valence-electron chi connectivity index (χ2n) is 6.05. The van der Waals surface area contributed by atoms with Crippen molar-refractivity contribution in [2.45, 2.75) is 40.7 Å². The average Bonchev–Trinajstić information content (AvgIpc) is 2.54. The standard InChI is InChI=1S/C20H23O4P/c1-6-23-17-11-16(7-8-18(17)25-22)24-15(5)20(21)19-13(3)9-12(2)10-14(19)4/h7-11,15H,6H2,1-5H3. The molecule has 0 saturated carbocycles. The highest BCUT2D eigenvalue weighted by molar-refractivity contribution is 7.34. The molecule has 0 N–H and O–H groups in total. The summed E-state index contributed by atoms with van der Waals surface area (Å²) in [6.07, 6.45) is -0.634. The molecule has 0 bridgehead atoms. The number of benzene rings is 2. The minimum atomic E-state index is -0.634. The van der Waals surface area contributed by atoms with E-state index in [1.807, 2.05) is 39.8 Å². The number of Topliss-reactive ketones (excluding diaryl/α,β-unsaturated/α-hetero) is 1. The molecule has 0 aromatic heterocycles. The summed E-state index contributed by atoms with van der Waals surface area (Å²) in [5.74, 6) is 0.956. The van der Waals surface area contributed by atoms with Crippen molar-refractivity contribution in [2.24, 2.45) is 0 Å². The van der Waals surface area contributed by atoms with Crippen LogP contribution >= 0.6 is 8.46 Å². The molecule has 0 amide bonds. The van der Waals surface area contributed by atoms with Gasteiger partial charge in [-0.1, -0.05) is 17.7 Å². The van der Waals surface area contributed by atoms with Crippen LogP contribution in [0.4, 0.5) is 0 Å². The maximum atomic E-state index is 12.8. The van der Waals surface area contributed by atoms with Gasteiger partial charge in [0.2, 0.25) is 5.78 Å². The molecular weight excluding hydrogens is 335 g/mol. The van der Waals surface area contributed by atoms with E-state index in [-0.39, 0.29) is 14.2 Å². The normalized spacial score (nSPS) is 12.0. The van der Waals surface area contributed by atoms with Gasteiger partial charge >= 0.3 is 0 Å². The summed E-state index contributed by atoms with van der Waals surface area (Å²) in [7, 11) is -0.112. The van der Waals surface area contributed by atoms with Crippen molar-refractivity contribution in [2.75, 3.05) is 6.61 Å². The van der Waals surface area contributed by atoms with Crippen LogP contribution in [-0.2, 0) is 4.57 Å². The Labute approximate surface area is 150 Å². The van der Waals surface area contributed by atoms with Crippen LogP contribution in [0.2, 0.25) is 0 Å². The monoisotopic (exact) mass is 358 g/mol. The Kier molecular flexibility index (Phi) is 6.33. The van der Waals surface area contributed by atoms with Gasteiger partial charge in [-0.05, 0) is 57.9 Å². The van der Waals surface area contributed by atoms with Crippen molar-refractivity contribution >= 4 is 19.5 Å². The molecule has 132 valence electrons. The number of carbonyl (C=O) groups is 1. The number of ketones is 1. The van der Waals surface area contributed by atoms with Gasteiger partial charge in [-0.3, -0.25) is 9.36 Å². The largest absolute Gasteiger partial charge is 0.493 e. The van der Waals surface area contributed by atoms with E-state index < -0.39 is 6.10 Å². The molecule has 2 aromatic carbocycles. The lowest BCUT2D eigenvalue weighted by molar-refractivity contribution is 0.0816. The first-order valence-corrected chi connectivity index (χ1v) is 9.07. The summed E-state index contributed by atoms with van der Waals surface area (Å²) >= 11 is 0. The van der Waals surface area contributed by atoms with Crippen molar-refractivity contribution in [3.63, 3.8) is 0 Å². The van der Waals surface area contributed by atoms with Crippen molar-refractivity contribution in [3.8, 4) is 11.5 Å². The van der Waals surface area contributed by atoms with Gasteiger partial charge in [0.25, 0.3) is 0 Å². The predicted octanol–water partition coefficient (Wildman–Crippen LogP) is 4.58. The van der Waals surface area contributed by atoms with E-state index in [4.69, 9.17) is 9.47 Å². The summed E-state index contributed by atoms with van der Waals surface area (Å²) in [5.41, 5.74) is 3.74. The van der Waals surface area contributed by atoms with E-state index in [1.165, 1.54) is 0 Å². The van der Waals surface area contributed by atoms with Crippen molar-refractivity contribution < 1.29 is 18.8 Å². The molecule has 0 radical (unpaired) electrons. The first-order chi connectivity index (χ1) is 11.9. The van der Waals surface area contributed by atoms with Crippen molar-refractivity contribution in [3.05, 3.63) is 52.6 Å². The van der Waals surface area contributed by atoms with E-state index >= 15 is 0 Å². The lowest BCUT2D eigenvalue weighted by Gasteiger charge is -2.18. The maximum Gasteiger partial charge on any atom is 0.203 e. The zero-order chi connectivity index (χ0) is 18.6. The smallest absolute Gasteiger partial charge is 0.203 e. The Bertz CT molecular complexity index is 775. The molecule has 0 aliphatic heterocycles. The fraction of sp³-hybridized carbons (Fsp3) is 0.350. The highest BCUT2D eigenvalue weighted by atomic mass is 31.1. The highest BCUT2D eigenvalue weighted by Crippen LogP contribution is 2.24. The number of hydrogen-bond acceptors (Lipinski definition) is 4. The molecule has 0 heterocycles. The number of aryl methyl sites for hydroxylation is 3. The molecular formula is C20H23O4P. The molecule has 1 atom stereocenters. The summed E-state index contributed by atoms with van der Waals surface area (Å²) in [6.45, 7) is 9.95. The van der Waals surface area contributed by atoms with Gasteiger partial charge in [-0.2, -0.15) is 0 Å². The van der Waals surface area contributed by atoms with Crippen LogP contribution in [0.3, 0.4) is 0 Å². The summed E-state index contributed by atoms with van der Waals surface area (Å²) in [6, 6.07) is 9.04. The summed E-state index contributed by atoms with van der Waals surface area (Å²) in [5, 5.41) is 0.554. The number of hydrogen-bond donors (Lipinski definition) is 0. The molecule has 2 rings (SSSR count). The minimum Gasteiger partial charge on any atom is -0.493 e. The molecule has 0 spiro atoms. The summed E-state index contributed by atoms with van der Waals surface area (Å²) in [4.78, 5) is 12.8. The molecule has 0 fully saturated rings. The van der Waals surface area contributed by atoms with E-state index in [1.54, 1.807) is 25.1 Å². The van der Waals surface area contributed by atoms with Crippen LogP contribution in [-0.4, -0.2) is 18.5 Å². The molecule has 0 aliphatic rings. The van der Waals surface area contributed by atoms with Gasteiger partial charge in [0.1, 0.15) is 11.5 Å². The maximum absolute atomic E-state index is 12.8. The van der Waals surface area contributed by atoms with Crippen LogP contribution in [0.1, 0.15) is 40.9 Å². The molecule has 0 aliphatic carbocycles. The topological polar surface area (TPSA) is 52.6 Å². The minimum absolute atomic E-state index is 0.0565. The van der Waals surface area contributed by atoms with Gasteiger partial charge in [0, 0.05) is 11.6 Å². The van der Waals surface area contributed by atoms with Crippen molar-refractivity contribution in [1.29, 1.82) is 0 Å². The molecule has 1 unspecified atom stereocenters. The second-order valence-corrected chi connectivity index (χ2v) is 6.72. The lowest BCUT2D eigenvalue weighted by Crippen LogP contribution is -2.25. The Hall–Kier alpha value is -2.19. The third-order valence-corrected chi connectivity index (χ3v) is 4.50. The van der Waals surface area contributed by atoms with E-state index in [0.717, 1.165) is 16.7 Å². The number of carbonyl (C=O) groups excluding carboxylic acids is 1. The van der Waals surface area contributed by atoms with Crippen LogP contribution in [0.5, 0.6) is 11.5 Å². The van der Waals surface area contributed by atoms with Gasteiger partial charge < -0.3 is 9.47 Å². The highest BCUT2D eigenvalue weighted by Gasteiger charge is 2.21. The lowest BCUT2D eigenvalue weighted by atomic mass is 9.94. The SMILES string of the molecule is CCOc1cc(OC(C)C(=O)c2c(C)cc(C)cc2C)ccc1P=O. The third kappa shape index (κ3) is 4.46. The number of rotatable bonds is 7. The van der Waals surface area contributed by atoms with Gasteiger partial charge in [-0.25, -0.2) is 0 Å². The fourth-order valence-electron chi connectivity index (χ4n) is 2.94. The second kappa shape index (κ2) is 8.26. The van der Waals surface area contributed by atoms with Crippen LogP contribution < -0.4 is 14.8 Å². The van der Waals surface area contributed by atoms with Gasteiger partial charge in [-0.15, -0.1) is 0 Å². The average molecular weight is 358 g/mol. The first-order valence-electron chi connectivity index (χ1n) is 8.26. The number of ether oxygens (including phenoxy) is 2. The Morgan fingerprint density at radius 3 is 2.32 bits per heavy atom. The van der Waals surface area contributed by atoms with Gasteiger partial charge in [0.15, 0.2) is 14.6 Å². The zero-order valence-electron chi connectivity index (χ0n) is 15.3. The van der Waals surface area contributed by atoms with E-state index in [0.29, 0.717) is 29.0 Å². The Morgan fingerprint density at radius 1 is 1.12 bits per heavy atom. The molecule has 4 nitrogen and oxygen atoms in total. The van der Waals surface area contributed by atoms with E-state index in [2.05, 4.69) is 0 Å². The Morgan fingerprint density at radius 2 is 1.76 bits per heavy atom. The predicted molar refractivity (Wildman–Crippen MR) is 99.9 cm³/mol. The Balaban J connectivity index is 2.25. The molecule has 2 aromatic rings. The van der Waals surface area contributed by atoms with Gasteiger partial charge in [0.05, 0.1) is 11.9 Å². The van der Waals surface area contributed by atoms with Crippen LogP contribution in [0.15, 0.2) is 30.3 Å².